The number of rotatable bonds is 3. The molecule has 0 fully saturated rings. The second-order valence-electron chi connectivity index (χ2n) is 2.75. The van der Waals surface area contributed by atoms with Crippen molar-refractivity contribution in [2.24, 2.45) is 0 Å². The third kappa shape index (κ3) is 2.16. The first-order valence-electron chi connectivity index (χ1n) is 3.96. The third-order valence-corrected chi connectivity index (χ3v) is 3.80. The number of benzene rings is 1. The van der Waals surface area contributed by atoms with E-state index in [1.165, 1.54) is 0 Å². The summed E-state index contributed by atoms with van der Waals surface area (Å²) in [4.78, 5) is 9.81. The number of halogens is 2. The summed E-state index contributed by atoms with van der Waals surface area (Å²) in [7, 11) is -3.07. The van der Waals surface area contributed by atoms with Gasteiger partial charge in [0, 0.05) is 0 Å². The summed E-state index contributed by atoms with van der Waals surface area (Å²) in [6, 6.07) is 1.63. The fourth-order valence-electron chi connectivity index (χ4n) is 1.05. The van der Waals surface area contributed by atoms with Crippen LogP contribution < -0.4 is 4.72 Å². The third-order valence-electron chi connectivity index (χ3n) is 1.82. The largest absolute Gasteiger partial charge is 0.478 e. The van der Waals surface area contributed by atoms with Crippen LogP contribution in [0.15, 0.2) is 17.0 Å². The Morgan fingerprint density at radius 2 is 2.06 bits per heavy atom. The minimum absolute atomic E-state index is 0.475. The maximum Gasteiger partial charge on any atom is 0.337 e. The molecule has 1 aromatic carbocycles. The molecular formula is C8H7ClFNO4S. The van der Waals surface area contributed by atoms with E-state index in [9.17, 15) is 17.6 Å². The maximum atomic E-state index is 13.3. The number of carboxylic acid groups (broad SMARTS) is 1. The highest BCUT2D eigenvalue weighted by Gasteiger charge is 2.25. The molecule has 0 aliphatic rings. The highest BCUT2D eigenvalue weighted by Crippen LogP contribution is 2.27. The molecule has 0 bridgehead atoms. The number of hydrogen-bond donors (Lipinski definition) is 2. The molecule has 0 amide bonds. The summed E-state index contributed by atoms with van der Waals surface area (Å²) in [5.74, 6) is -2.54. The molecule has 0 aliphatic heterocycles. The molecule has 1 rings (SSSR count). The van der Waals surface area contributed by atoms with Crippen molar-refractivity contribution in [1.82, 2.24) is 4.72 Å². The molecule has 88 valence electrons. The van der Waals surface area contributed by atoms with Crippen LogP contribution in [-0.4, -0.2) is 26.5 Å². The topological polar surface area (TPSA) is 83.5 Å². The summed E-state index contributed by atoms with van der Waals surface area (Å²) >= 11 is 5.53. The zero-order chi connectivity index (χ0) is 12.5. The molecule has 0 aliphatic carbocycles. The van der Waals surface area contributed by atoms with Crippen LogP contribution in [0.25, 0.3) is 0 Å². The Labute approximate surface area is 95.9 Å². The van der Waals surface area contributed by atoms with E-state index >= 15 is 0 Å². The van der Waals surface area contributed by atoms with Crippen LogP contribution in [0.1, 0.15) is 10.4 Å². The van der Waals surface area contributed by atoms with E-state index in [1.54, 1.807) is 0 Å². The van der Waals surface area contributed by atoms with Crippen molar-refractivity contribution in [3.05, 3.63) is 28.5 Å². The molecule has 0 spiro atoms. The molecule has 8 heteroatoms. The van der Waals surface area contributed by atoms with Crippen LogP contribution in [0.3, 0.4) is 0 Å². The Bertz CT molecular complexity index is 543. The normalized spacial score (nSPS) is 11.4. The van der Waals surface area contributed by atoms with Gasteiger partial charge in [-0.15, -0.1) is 0 Å². The minimum Gasteiger partial charge on any atom is -0.478 e. The van der Waals surface area contributed by atoms with E-state index in [0.717, 1.165) is 19.2 Å². The van der Waals surface area contributed by atoms with Gasteiger partial charge in [-0.2, -0.15) is 0 Å². The first-order valence-corrected chi connectivity index (χ1v) is 5.82. The van der Waals surface area contributed by atoms with E-state index in [-0.39, 0.29) is 0 Å². The quantitative estimate of drug-likeness (QED) is 0.859. The van der Waals surface area contributed by atoms with Crippen molar-refractivity contribution in [2.45, 2.75) is 4.90 Å². The highest BCUT2D eigenvalue weighted by atomic mass is 35.5. The Morgan fingerprint density at radius 1 is 1.50 bits per heavy atom. The fourth-order valence-corrected chi connectivity index (χ4v) is 2.46. The van der Waals surface area contributed by atoms with Crippen LogP contribution in [0.5, 0.6) is 0 Å². The fraction of sp³-hybridized carbons (Fsp3) is 0.125. The Balaban J connectivity index is 3.63. The first kappa shape index (κ1) is 12.9. The molecule has 0 heterocycles. The van der Waals surface area contributed by atoms with Gasteiger partial charge in [-0.05, 0) is 19.2 Å². The monoisotopic (exact) mass is 267 g/mol. The predicted molar refractivity (Wildman–Crippen MR) is 54.6 cm³/mol. The Hall–Kier alpha value is -1.18. The van der Waals surface area contributed by atoms with Crippen molar-refractivity contribution < 1.29 is 22.7 Å². The second-order valence-corrected chi connectivity index (χ2v) is 4.95. The van der Waals surface area contributed by atoms with E-state index in [4.69, 9.17) is 16.7 Å². The number of carbonyl (C=O) groups is 1. The number of hydrogen-bond acceptors (Lipinski definition) is 3. The van der Waals surface area contributed by atoms with Crippen LogP contribution in [0, 0.1) is 5.82 Å². The van der Waals surface area contributed by atoms with Gasteiger partial charge in [-0.1, -0.05) is 11.6 Å². The van der Waals surface area contributed by atoms with Crippen LogP contribution in [0.2, 0.25) is 5.02 Å². The van der Waals surface area contributed by atoms with E-state index in [2.05, 4.69) is 0 Å². The lowest BCUT2D eigenvalue weighted by Gasteiger charge is -2.08. The van der Waals surface area contributed by atoms with E-state index in [1.807, 2.05) is 4.72 Å². The molecular weight excluding hydrogens is 261 g/mol. The first-order chi connectivity index (χ1) is 7.31. The number of nitrogens with one attached hydrogen (secondary N) is 1. The Morgan fingerprint density at radius 3 is 2.50 bits per heavy atom. The summed E-state index contributed by atoms with van der Waals surface area (Å²) in [6.45, 7) is 0. The number of sulfonamides is 1. The molecule has 1 aromatic rings. The highest BCUT2D eigenvalue weighted by molar-refractivity contribution is 7.89. The van der Waals surface area contributed by atoms with Crippen LogP contribution in [-0.2, 0) is 10.0 Å². The van der Waals surface area contributed by atoms with Crippen molar-refractivity contribution in [3.63, 3.8) is 0 Å². The maximum absolute atomic E-state index is 13.3. The Kier molecular flexibility index (Phi) is 3.51. The lowest BCUT2D eigenvalue weighted by atomic mass is 10.2. The summed E-state index contributed by atoms with van der Waals surface area (Å²) < 4.78 is 37.9. The summed E-state index contributed by atoms with van der Waals surface area (Å²) in [5, 5.41) is 8.05. The standard InChI is InChI=1S/C8H7ClFNO4S/c1-11-16(14,15)7-5(10)3-2-4(6(7)9)8(12)13/h2-3,11H,1H3,(H,12,13). The van der Waals surface area contributed by atoms with Gasteiger partial charge in [0.1, 0.15) is 10.7 Å². The van der Waals surface area contributed by atoms with Crippen molar-refractivity contribution >= 4 is 27.6 Å². The minimum atomic E-state index is -4.14. The zero-order valence-corrected chi connectivity index (χ0v) is 9.56. The second kappa shape index (κ2) is 4.36. The van der Waals surface area contributed by atoms with Crippen molar-refractivity contribution in [1.29, 1.82) is 0 Å². The lowest BCUT2D eigenvalue weighted by molar-refractivity contribution is 0.0696. The van der Waals surface area contributed by atoms with E-state index in [0.29, 0.717) is 0 Å². The predicted octanol–water partition coefficient (Wildman–Crippen LogP) is 1.09. The molecule has 0 atom stereocenters. The van der Waals surface area contributed by atoms with Gasteiger partial charge >= 0.3 is 5.97 Å². The van der Waals surface area contributed by atoms with Gasteiger partial charge in [-0.25, -0.2) is 22.3 Å². The van der Waals surface area contributed by atoms with Gasteiger partial charge in [0.25, 0.3) is 0 Å². The van der Waals surface area contributed by atoms with Gasteiger partial charge in [0.05, 0.1) is 10.6 Å². The number of carboxylic acids is 1. The van der Waals surface area contributed by atoms with Gasteiger partial charge in [0.2, 0.25) is 10.0 Å². The van der Waals surface area contributed by atoms with Crippen molar-refractivity contribution in [3.8, 4) is 0 Å². The molecule has 0 saturated heterocycles. The van der Waals surface area contributed by atoms with Crippen LogP contribution in [0.4, 0.5) is 4.39 Å². The van der Waals surface area contributed by atoms with Gasteiger partial charge in [0.15, 0.2) is 0 Å². The lowest BCUT2D eigenvalue weighted by Crippen LogP contribution is -2.21. The molecule has 0 saturated carbocycles. The molecule has 0 radical (unpaired) electrons. The average molecular weight is 268 g/mol. The van der Waals surface area contributed by atoms with Gasteiger partial charge < -0.3 is 5.11 Å². The van der Waals surface area contributed by atoms with Gasteiger partial charge in [-0.3, -0.25) is 0 Å². The summed E-state index contributed by atoms with van der Waals surface area (Å²) in [6.07, 6.45) is 0. The molecule has 0 aromatic heterocycles. The summed E-state index contributed by atoms with van der Waals surface area (Å²) in [5.41, 5.74) is -0.475. The SMILES string of the molecule is CNS(=O)(=O)c1c(F)ccc(C(=O)O)c1Cl. The smallest absolute Gasteiger partial charge is 0.337 e. The molecule has 0 unspecified atom stereocenters. The molecule has 2 N–H and O–H groups in total. The number of aromatic carboxylic acids is 1. The molecule has 5 nitrogen and oxygen atoms in total. The molecule has 16 heavy (non-hydrogen) atoms. The van der Waals surface area contributed by atoms with Crippen molar-refractivity contribution in [2.75, 3.05) is 7.05 Å². The van der Waals surface area contributed by atoms with Crippen LogP contribution >= 0.6 is 11.6 Å². The average Bonchev–Trinajstić information content (AvgIpc) is 2.16. The van der Waals surface area contributed by atoms with E-state index < -0.39 is 37.3 Å². The zero-order valence-electron chi connectivity index (χ0n) is 7.99.